The first-order valence-corrected chi connectivity index (χ1v) is 17.0. The fraction of sp³-hybridized carbons (Fsp3) is 0.429. The molecule has 4 fully saturated rings. The van der Waals surface area contributed by atoms with E-state index in [0.717, 1.165) is 23.7 Å². The largest absolute Gasteiger partial charge is 0.310 e. The summed E-state index contributed by atoms with van der Waals surface area (Å²) >= 11 is 0. The van der Waals surface area contributed by atoms with Gasteiger partial charge >= 0.3 is 0 Å². The van der Waals surface area contributed by atoms with E-state index in [2.05, 4.69) is 124 Å². The van der Waals surface area contributed by atoms with Crippen molar-refractivity contribution in [2.75, 3.05) is 4.90 Å². The van der Waals surface area contributed by atoms with E-state index < -0.39 is 0 Å². The van der Waals surface area contributed by atoms with Crippen LogP contribution in [0.2, 0.25) is 0 Å². The first-order chi connectivity index (χ1) is 20.8. The number of nitrogens with zero attached hydrogens (tertiary/aromatic N) is 1. The molecule has 218 valence electrons. The van der Waals surface area contributed by atoms with Crippen molar-refractivity contribution in [2.45, 2.75) is 88.9 Å². The number of anilines is 3. The molecule has 0 radical (unpaired) electrons. The number of hydrogen-bond acceptors (Lipinski definition) is 1. The van der Waals surface area contributed by atoms with E-state index in [1.807, 2.05) is 0 Å². The summed E-state index contributed by atoms with van der Waals surface area (Å²) in [4.78, 5) is 2.69. The number of benzene rings is 4. The molecule has 4 saturated carbocycles. The molecule has 0 aliphatic heterocycles. The summed E-state index contributed by atoms with van der Waals surface area (Å²) in [5.41, 5.74) is 13.8. The molecular formula is C42H45N. The van der Waals surface area contributed by atoms with Gasteiger partial charge in [-0.25, -0.2) is 0 Å². The van der Waals surface area contributed by atoms with Gasteiger partial charge in [-0.15, -0.1) is 0 Å². The highest BCUT2D eigenvalue weighted by molar-refractivity contribution is 5.92. The lowest BCUT2D eigenvalue weighted by Crippen LogP contribution is -2.55. The Balaban J connectivity index is 1.36. The maximum atomic E-state index is 2.69. The van der Waals surface area contributed by atoms with Crippen molar-refractivity contribution in [1.29, 1.82) is 0 Å². The molecular weight excluding hydrogens is 518 g/mol. The van der Waals surface area contributed by atoms with E-state index in [0.29, 0.717) is 0 Å². The zero-order chi connectivity index (χ0) is 29.1. The summed E-state index contributed by atoms with van der Waals surface area (Å²) in [5, 5.41) is 0. The van der Waals surface area contributed by atoms with Gasteiger partial charge in [0.2, 0.25) is 0 Å². The smallest absolute Gasteiger partial charge is 0.0509 e. The molecule has 1 spiro atoms. The van der Waals surface area contributed by atoms with Crippen LogP contribution in [0.3, 0.4) is 0 Å². The van der Waals surface area contributed by atoms with Crippen LogP contribution in [0.4, 0.5) is 17.1 Å². The van der Waals surface area contributed by atoms with Crippen molar-refractivity contribution >= 4 is 17.1 Å². The topological polar surface area (TPSA) is 3.24 Å². The van der Waals surface area contributed by atoms with E-state index >= 15 is 0 Å². The summed E-state index contributed by atoms with van der Waals surface area (Å²) in [6, 6.07) is 35.3. The Hall–Kier alpha value is -3.32. The second kappa shape index (κ2) is 8.87. The Morgan fingerprint density at radius 1 is 0.512 bits per heavy atom. The molecule has 0 atom stereocenters. The van der Waals surface area contributed by atoms with Crippen LogP contribution >= 0.6 is 0 Å². The molecule has 0 saturated heterocycles. The van der Waals surface area contributed by atoms with Crippen molar-refractivity contribution in [3.05, 3.63) is 113 Å². The van der Waals surface area contributed by atoms with Gasteiger partial charge in [-0.2, -0.15) is 0 Å². The van der Waals surface area contributed by atoms with Crippen LogP contribution in [0.5, 0.6) is 0 Å². The Bertz CT molecular complexity index is 1710. The average molecular weight is 564 g/mol. The fourth-order valence-electron chi connectivity index (χ4n) is 11.2. The molecule has 4 aromatic carbocycles. The normalized spacial score (nSPS) is 30.1. The average Bonchev–Trinajstić information content (AvgIpc) is 3.30. The summed E-state index contributed by atoms with van der Waals surface area (Å²) in [6.07, 6.45) is 9.54. The van der Waals surface area contributed by atoms with Crippen molar-refractivity contribution in [3.8, 4) is 11.1 Å². The Labute approximate surface area is 258 Å². The van der Waals surface area contributed by atoms with Crippen LogP contribution in [0.15, 0.2) is 91.0 Å². The zero-order valence-electron chi connectivity index (χ0n) is 26.4. The molecule has 0 N–H and O–H groups in total. The van der Waals surface area contributed by atoms with Gasteiger partial charge in [0.1, 0.15) is 0 Å². The molecule has 0 heterocycles. The van der Waals surface area contributed by atoms with Gasteiger partial charge < -0.3 is 4.90 Å². The highest BCUT2D eigenvalue weighted by Gasteiger charge is 2.62. The second-order valence-electron chi connectivity index (χ2n) is 16.1. The summed E-state index contributed by atoms with van der Waals surface area (Å²) in [7, 11) is 0. The van der Waals surface area contributed by atoms with Crippen molar-refractivity contribution < 1.29 is 0 Å². The van der Waals surface area contributed by atoms with Crippen molar-refractivity contribution in [2.24, 2.45) is 23.7 Å². The Kier molecular flexibility index (Phi) is 5.39. The first kappa shape index (κ1) is 26.1. The maximum absolute atomic E-state index is 2.69. The number of para-hydroxylation sites is 1. The van der Waals surface area contributed by atoms with Crippen LogP contribution in [0.1, 0.15) is 94.9 Å². The van der Waals surface area contributed by atoms with Gasteiger partial charge in [0.15, 0.2) is 0 Å². The molecule has 4 bridgehead atoms. The van der Waals surface area contributed by atoms with E-state index in [4.69, 9.17) is 0 Å². The van der Waals surface area contributed by atoms with Crippen LogP contribution in [0.25, 0.3) is 11.1 Å². The number of rotatable bonds is 3. The summed E-state index contributed by atoms with van der Waals surface area (Å²) in [6.45, 7) is 9.88. The van der Waals surface area contributed by atoms with Gasteiger partial charge in [0, 0.05) is 11.1 Å². The summed E-state index contributed by atoms with van der Waals surface area (Å²) in [5.74, 6) is 3.35. The third-order valence-electron chi connectivity index (χ3n) is 12.9. The third-order valence-corrected chi connectivity index (χ3v) is 12.9. The Morgan fingerprint density at radius 2 is 1.07 bits per heavy atom. The first-order valence-electron chi connectivity index (χ1n) is 17.0. The minimum atomic E-state index is 0.107. The van der Waals surface area contributed by atoms with E-state index in [1.165, 1.54) is 78.7 Å². The van der Waals surface area contributed by atoms with E-state index in [1.54, 1.807) is 16.7 Å². The maximum Gasteiger partial charge on any atom is 0.0509 e. The Morgan fingerprint density at radius 3 is 1.79 bits per heavy atom. The van der Waals surface area contributed by atoms with Gasteiger partial charge in [-0.3, -0.25) is 0 Å². The molecule has 6 aliphatic rings. The monoisotopic (exact) mass is 563 g/mol. The summed E-state index contributed by atoms with van der Waals surface area (Å²) < 4.78 is 0. The van der Waals surface area contributed by atoms with Gasteiger partial charge in [-0.05, 0) is 137 Å². The zero-order valence-corrected chi connectivity index (χ0v) is 26.4. The van der Waals surface area contributed by atoms with E-state index in [9.17, 15) is 0 Å². The van der Waals surface area contributed by atoms with E-state index in [-0.39, 0.29) is 16.2 Å². The lowest BCUT2D eigenvalue weighted by molar-refractivity contribution is -0.0397. The molecule has 0 amide bonds. The minimum Gasteiger partial charge on any atom is -0.310 e. The molecule has 10 rings (SSSR count). The molecule has 43 heavy (non-hydrogen) atoms. The number of fused-ring (bicyclic) bond motifs is 4. The highest BCUT2D eigenvalue weighted by Crippen LogP contribution is 2.71. The quantitative estimate of drug-likeness (QED) is 0.240. The molecule has 1 heteroatoms. The standard InChI is InChI=1S/C42H45N/c1-40(2)20-21-41(3,4)39-35(40)17-11-19-37(39)43(31-12-6-5-7-13-31)36-18-10-15-33-32-14-8-9-16-34(32)42(38(33)36)29-23-27-22-28(25-29)26-30(42)24-27/h5-19,27-30H,20-26H2,1-4H3. The SMILES string of the molecule is CC1(C)CCC(C)(C)c2c(N(c3ccccc3)c3cccc4c3C3(c5ccccc5-4)C4CC5CC(C4)CC3C5)cccc21. The highest BCUT2D eigenvalue weighted by atomic mass is 15.2. The second-order valence-corrected chi connectivity index (χ2v) is 16.1. The molecule has 6 aliphatic carbocycles. The van der Waals surface area contributed by atoms with Crippen LogP contribution in [0, 0.1) is 23.7 Å². The number of hydrogen-bond donors (Lipinski definition) is 0. The predicted octanol–water partition coefficient (Wildman–Crippen LogP) is 11.2. The minimum absolute atomic E-state index is 0.107. The van der Waals surface area contributed by atoms with Crippen molar-refractivity contribution in [3.63, 3.8) is 0 Å². The molecule has 1 nitrogen and oxygen atoms in total. The van der Waals surface area contributed by atoms with Crippen molar-refractivity contribution in [1.82, 2.24) is 0 Å². The van der Waals surface area contributed by atoms with Gasteiger partial charge in [-0.1, -0.05) is 94.4 Å². The molecule has 0 aromatic heterocycles. The lowest BCUT2D eigenvalue weighted by Gasteiger charge is -2.61. The van der Waals surface area contributed by atoms with Crippen LogP contribution in [-0.2, 0) is 16.2 Å². The van der Waals surface area contributed by atoms with Gasteiger partial charge in [0.25, 0.3) is 0 Å². The van der Waals surface area contributed by atoms with Gasteiger partial charge in [0.05, 0.1) is 11.4 Å². The molecule has 4 aromatic rings. The lowest BCUT2D eigenvalue weighted by atomic mass is 9.43. The molecule has 0 unspecified atom stereocenters. The fourth-order valence-corrected chi connectivity index (χ4v) is 11.2. The third kappa shape index (κ3) is 3.46. The predicted molar refractivity (Wildman–Crippen MR) is 180 cm³/mol. The van der Waals surface area contributed by atoms with Crippen LogP contribution < -0.4 is 4.90 Å². The van der Waals surface area contributed by atoms with Crippen LogP contribution in [-0.4, -0.2) is 0 Å².